The van der Waals surface area contributed by atoms with Crippen LogP contribution in [0.1, 0.15) is 31.7 Å². The van der Waals surface area contributed by atoms with E-state index in [1.807, 2.05) is 12.4 Å². The summed E-state index contributed by atoms with van der Waals surface area (Å²) >= 11 is 0. The fraction of sp³-hybridized carbons (Fsp3) is 0.643. The lowest BCUT2D eigenvalue weighted by Crippen LogP contribution is -2.26. The molecule has 0 aliphatic carbocycles. The van der Waals surface area contributed by atoms with E-state index >= 15 is 0 Å². The second kappa shape index (κ2) is 8.20. The van der Waals surface area contributed by atoms with Crippen LogP contribution in [0, 0.1) is 0 Å². The lowest BCUT2D eigenvalue weighted by atomic mass is 10.1. The predicted molar refractivity (Wildman–Crippen MR) is 72.9 cm³/mol. The SMILES string of the molecule is CCC(CCCN(C)Cc1ccncc1)NC. The Balaban J connectivity index is 2.19. The molecule has 0 bridgehead atoms. The number of pyridine rings is 1. The third-order valence-electron chi connectivity index (χ3n) is 3.20. The Morgan fingerprint density at radius 3 is 2.65 bits per heavy atom. The fourth-order valence-electron chi connectivity index (χ4n) is 2.04. The monoisotopic (exact) mass is 235 g/mol. The molecule has 1 heterocycles. The van der Waals surface area contributed by atoms with E-state index in [2.05, 4.69) is 48.4 Å². The molecule has 17 heavy (non-hydrogen) atoms. The van der Waals surface area contributed by atoms with Crippen LogP contribution in [0.15, 0.2) is 24.5 Å². The fourth-order valence-corrected chi connectivity index (χ4v) is 2.04. The van der Waals surface area contributed by atoms with Crippen LogP contribution < -0.4 is 5.32 Å². The van der Waals surface area contributed by atoms with Gasteiger partial charge in [0.05, 0.1) is 0 Å². The van der Waals surface area contributed by atoms with Gasteiger partial charge in [0.15, 0.2) is 0 Å². The first kappa shape index (κ1) is 14.1. The minimum atomic E-state index is 0.671. The van der Waals surface area contributed by atoms with Gasteiger partial charge in [-0.2, -0.15) is 0 Å². The molecule has 1 atom stereocenters. The van der Waals surface area contributed by atoms with Crippen molar-refractivity contribution in [2.24, 2.45) is 0 Å². The molecule has 3 nitrogen and oxygen atoms in total. The molecule has 1 aromatic heterocycles. The molecular weight excluding hydrogens is 210 g/mol. The van der Waals surface area contributed by atoms with Gasteiger partial charge in [-0.3, -0.25) is 4.98 Å². The summed E-state index contributed by atoms with van der Waals surface area (Å²) in [5.41, 5.74) is 1.34. The Hall–Kier alpha value is -0.930. The van der Waals surface area contributed by atoms with Gasteiger partial charge in [-0.15, -0.1) is 0 Å². The molecule has 0 radical (unpaired) electrons. The van der Waals surface area contributed by atoms with Crippen molar-refractivity contribution in [1.82, 2.24) is 15.2 Å². The van der Waals surface area contributed by atoms with E-state index in [1.165, 1.54) is 24.8 Å². The van der Waals surface area contributed by atoms with Gasteiger partial charge < -0.3 is 10.2 Å². The molecule has 1 aromatic rings. The van der Waals surface area contributed by atoms with Gasteiger partial charge in [0.1, 0.15) is 0 Å². The molecule has 0 aliphatic heterocycles. The third-order valence-corrected chi connectivity index (χ3v) is 3.20. The first-order valence-electron chi connectivity index (χ1n) is 6.51. The summed E-state index contributed by atoms with van der Waals surface area (Å²) in [5, 5.41) is 3.35. The van der Waals surface area contributed by atoms with Crippen molar-refractivity contribution in [2.45, 2.75) is 38.8 Å². The molecule has 0 amide bonds. The molecule has 0 aliphatic rings. The summed E-state index contributed by atoms with van der Waals surface area (Å²) in [6.07, 6.45) is 7.44. The second-order valence-corrected chi connectivity index (χ2v) is 4.63. The first-order chi connectivity index (χ1) is 8.26. The third kappa shape index (κ3) is 5.80. The van der Waals surface area contributed by atoms with Crippen LogP contribution in [0.4, 0.5) is 0 Å². The summed E-state index contributed by atoms with van der Waals surface area (Å²) in [6, 6.07) is 4.84. The van der Waals surface area contributed by atoms with Gasteiger partial charge in [-0.05, 0) is 57.6 Å². The molecule has 0 fully saturated rings. The van der Waals surface area contributed by atoms with Crippen molar-refractivity contribution < 1.29 is 0 Å². The molecule has 3 heteroatoms. The van der Waals surface area contributed by atoms with E-state index in [0.717, 1.165) is 13.1 Å². The number of aromatic nitrogens is 1. The quantitative estimate of drug-likeness (QED) is 0.749. The summed E-state index contributed by atoms with van der Waals surface area (Å²) in [7, 11) is 4.23. The van der Waals surface area contributed by atoms with Gasteiger partial charge in [-0.1, -0.05) is 6.92 Å². The van der Waals surface area contributed by atoms with Crippen molar-refractivity contribution in [3.8, 4) is 0 Å². The Bertz CT molecular complexity index is 283. The highest BCUT2D eigenvalue weighted by atomic mass is 15.1. The van der Waals surface area contributed by atoms with Crippen LogP contribution in [0.5, 0.6) is 0 Å². The zero-order valence-corrected chi connectivity index (χ0v) is 11.3. The Morgan fingerprint density at radius 2 is 2.06 bits per heavy atom. The number of hydrogen-bond acceptors (Lipinski definition) is 3. The van der Waals surface area contributed by atoms with Gasteiger partial charge in [-0.25, -0.2) is 0 Å². The lowest BCUT2D eigenvalue weighted by Gasteiger charge is -2.19. The summed E-state index contributed by atoms with van der Waals surface area (Å²) in [4.78, 5) is 6.41. The van der Waals surface area contributed by atoms with E-state index < -0.39 is 0 Å². The van der Waals surface area contributed by atoms with E-state index in [9.17, 15) is 0 Å². The summed E-state index contributed by atoms with van der Waals surface area (Å²) in [5.74, 6) is 0. The first-order valence-corrected chi connectivity index (χ1v) is 6.51. The van der Waals surface area contributed by atoms with Crippen LogP contribution in [0.3, 0.4) is 0 Å². The number of hydrogen-bond donors (Lipinski definition) is 1. The standard InChI is InChI=1S/C14H25N3/c1-4-14(15-2)6-5-11-17(3)12-13-7-9-16-10-8-13/h7-10,14-15H,4-6,11-12H2,1-3H3. The highest BCUT2D eigenvalue weighted by molar-refractivity contribution is 5.09. The topological polar surface area (TPSA) is 28.2 Å². The largest absolute Gasteiger partial charge is 0.317 e. The van der Waals surface area contributed by atoms with Crippen LogP contribution in [0.2, 0.25) is 0 Å². The van der Waals surface area contributed by atoms with Gasteiger partial charge in [0, 0.05) is 25.0 Å². The maximum atomic E-state index is 4.03. The lowest BCUT2D eigenvalue weighted by molar-refractivity contribution is 0.309. The average Bonchev–Trinajstić information content (AvgIpc) is 2.36. The van der Waals surface area contributed by atoms with Crippen LogP contribution in [-0.2, 0) is 6.54 Å². The molecular formula is C14H25N3. The molecule has 1 unspecified atom stereocenters. The minimum absolute atomic E-state index is 0.671. The predicted octanol–water partition coefficient (Wildman–Crippen LogP) is 2.29. The van der Waals surface area contributed by atoms with Crippen molar-refractivity contribution in [2.75, 3.05) is 20.6 Å². The number of nitrogens with zero attached hydrogens (tertiary/aromatic N) is 2. The van der Waals surface area contributed by atoms with E-state index in [1.54, 1.807) is 0 Å². The normalized spacial score (nSPS) is 12.9. The Morgan fingerprint density at radius 1 is 1.35 bits per heavy atom. The maximum absolute atomic E-state index is 4.03. The number of rotatable bonds is 8. The van der Waals surface area contributed by atoms with Crippen molar-refractivity contribution in [3.63, 3.8) is 0 Å². The molecule has 0 saturated heterocycles. The molecule has 0 spiro atoms. The van der Waals surface area contributed by atoms with E-state index in [4.69, 9.17) is 0 Å². The van der Waals surface area contributed by atoms with Crippen molar-refractivity contribution in [1.29, 1.82) is 0 Å². The molecule has 1 rings (SSSR count). The maximum Gasteiger partial charge on any atom is 0.0271 e. The highest BCUT2D eigenvalue weighted by Gasteiger charge is 2.04. The molecule has 0 aromatic carbocycles. The van der Waals surface area contributed by atoms with E-state index in [0.29, 0.717) is 6.04 Å². The summed E-state index contributed by atoms with van der Waals surface area (Å²) < 4.78 is 0. The van der Waals surface area contributed by atoms with Crippen LogP contribution in [0.25, 0.3) is 0 Å². The number of nitrogens with one attached hydrogen (secondary N) is 1. The van der Waals surface area contributed by atoms with Crippen molar-refractivity contribution >= 4 is 0 Å². The second-order valence-electron chi connectivity index (χ2n) is 4.63. The van der Waals surface area contributed by atoms with Gasteiger partial charge >= 0.3 is 0 Å². The highest BCUT2D eigenvalue weighted by Crippen LogP contribution is 2.05. The Labute approximate surface area is 105 Å². The van der Waals surface area contributed by atoms with Crippen molar-refractivity contribution in [3.05, 3.63) is 30.1 Å². The molecule has 96 valence electrons. The molecule has 0 saturated carbocycles. The zero-order valence-electron chi connectivity index (χ0n) is 11.3. The molecule has 1 N–H and O–H groups in total. The van der Waals surface area contributed by atoms with Gasteiger partial charge in [0.2, 0.25) is 0 Å². The smallest absolute Gasteiger partial charge is 0.0271 e. The summed E-state index contributed by atoms with van der Waals surface area (Å²) in [6.45, 7) is 4.40. The van der Waals surface area contributed by atoms with Crippen LogP contribution in [-0.4, -0.2) is 36.6 Å². The average molecular weight is 235 g/mol. The Kier molecular flexibility index (Phi) is 6.82. The van der Waals surface area contributed by atoms with E-state index in [-0.39, 0.29) is 0 Å². The zero-order chi connectivity index (χ0) is 12.5. The van der Waals surface area contributed by atoms with Gasteiger partial charge in [0.25, 0.3) is 0 Å². The van der Waals surface area contributed by atoms with Crippen LogP contribution >= 0.6 is 0 Å². The minimum Gasteiger partial charge on any atom is -0.317 e.